The summed E-state index contributed by atoms with van der Waals surface area (Å²) in [4.78, 5) is 11.7. The molecule has 0 saturated carbocycles. The molecule has 4 heteroatoms. The van der Waals surface area contributed by atoms with Gasteiger partial charge in [0.2, 0.25) is 5.91 Å². The maximum atomic E-state index is 11.7. The van der Waals surface area contributed by atoms with E-state index in [0.29, 0.717) is 24.0 Å². The van der Waals surface area contributed by atoms with Gasteiger partial charge in [-0.1, -0.05) is 27.2 Å². The zero-order chi connectivity index (χ0) is 13.5. The van der Waals surface area contributed by atoms with E-state index >= 15 is 0 Å². The van der Waals surface area contributed by atoms with Gasteiger partial charge in [-0.3, -0.25) is 4.79 Å². The molecule has 4 nitrogen and oxygen atoms in total. The van der Waals surface area contributed by atoms with E-state index in [4.69, 9.17) is 4.42 Å². The summed E-state index contributed by atoms with van der Waals surface area (Å²) in [6, 6.07) is 3.41. The predicted octanol–water partition coefficient (Wildman–Crippen LogP) is 2.50. The van der Waals surface area contributed by atoms with Crippen molar-refractivity contribution >= 4 is 5.91 Å². The van der Waals surface area contributed by atoms with Gasteiger partial charge < -0.3 is 14.8 Å². The van der Waals surface area contributed by atoms with Gasteiger partial charge in [0.05, 0.1) is 12.8 Å². The number of hydrogen-bond donors (Lipinski definition) is 2. The van der Waals surface area contributed by atoms with Crippen molar-refractivity contribution in [3.05, 3.63) is 24.2 Å². The lowest BCUT2D eigenvalue weighted by Gasteiger charge is -2.18. The minimum absolute atomic E-state index is 0.0128. The fourth-order valence-electron chi connectivity index (χ4n) is 1.95. The van der Waals surface area contributed by atoms with Crippen molar-refractivity contribution in [3.8, 4) is 0 Å². The quantitative estimate of drug-likeness (QED) is 0.784. The highest BCUT2D eigenvalue weighted by atomic mass is 16.4. The summed E-state index contributed by atoms with van der Waals surface area (Å²) in [5.74, 6) is 1.36. The lowest BCUT2D eigenvalue weighted by Crippen LogP contribution is -2.30. The Morgan fingerprint density at radius 1 is 1.50 bits per heavy atom. The predicted molar refractivity (Wildman–Crippen MR) is 69.9 cm³/mol. The molecule has 0 bridgehead atoms. The van der Waals surface area contributed by atoms with Crippen LogP contribution in [0.15, 0.2) is 22.8 Å². The second-order valence-corrected chi connectivity index (χ2v) is 4.95. The molecule has 2 unspecified atom stereocenters. The van der Waals surface area contributed by atoms with Gasteiger partial charge in [0.1, 0.15) is 11.9 Å². The van der Waals surface area contributed by atoms with Crippen LogP contribution in [-0.4, -0.2) is 17.6 Å². The maximum Gasteiger partial charge on any atom is 0.220 e. The fourth-order valence-corrected chi connectivity index (χ4v) is 1.95. The summed E-state index contributed by atoms with van der Waals surface area (Å²) in [7, 11) is 0. The second-order valence-electron chi connectivity index (χ2n) is 4.95. The van der Waals surface area contributed by atoms with Gasteiger partial charge >= 0.3 is 0 Å². The third kappa shape index (κ3) is 4.53. The van der Waals surface area contributed by atoms with Crippen LogP contribution in [0.1, 0.15) is 45.5 Å². The van der Waals surface area contributed by atoms with E-state index in [2.05, 4.69) is 26.1 Å². The molecule has 0 fully saturated rings. The summed E-state index contributed by atoms with van der Waals surface area (Å²) < 4.78 is 5.07. The molecule has 1 amide bonds. The van der Waals surface area contributed by atoms with Gasteiger partial charge in [-0.25, -0.2) is 0 Å². The molecule has 1 heterocycles. The van der Waals surface area contributed by atoms with Crippen LogP contribution in [-0.2, 0) is 4.79 Å². The Morgan fingerprint density at radius 3 is 2.72 bits per heavy atom. The Kier molecular flexibility index (Phi) is 5.92. The first kappa shape index (κ1) is 14.8. The first-order chi connectivity index (χ1) is 8.54. The topological polar surface area (TPSA) is 62.5 Å². The molecule has 102 valence electrons. The molecule has 2 N–H and O–H groups in total. The van der Waals surface area contributed by atoms with Crippen LogP contribution in [0.5, 0.6) is 0 Å². The van der Waals surface area contributed by atoms with E-state index in [1.807, 2.05) is 0 Å². The number of amides is 1. The van der Waals surface area contributed by atoms with Crippen LogP contribution in [0, 0.1) is 11.8 Å². The van der Waals surface area contributed by atoms with E-state index in [1.54, 1.807) is 12.1 Å². The van der Waals surface area contributed by atoms with E-state index in [0.717, 1.165) is 6.42 Å². The first-order valence-electron chi connectivity index (χ1n) is 6.52. The molecule has 0 radical (unpaired) electrons. The zero-order valence-corrected chi connectivity index (χ0v) is 11.3. The highest BCUT2D eigenvalue weighted by Crippen LogP contribution is 2.18. The molecule has 1 aromatic heterocycles. The van der Waals surface area contributed by atoms with E-state index in [9.17, 15) is 9.90 Å². The third-order valence-corrected chi connectivity index (χ3v) is 3.28. The molecule has 0 aliphatic heterocycles. The molecule has 0 spiro atoms. The zero-order valence-electron chi connectivity index (χ0n) is 11.3. The summed E-state index contributed by atoms with van der Waals surface area (Å²) in [5.41, 5.74) is 0. The standard InChI is InChI=1S/C14H23NO3/c1-4-11(10(2)3)8-14(17)15-9-12(16)13-6-5-7-18-13/h5-7,10-12,16H,4,8-9H2,1-3H3,(H,15,17). The highest BCUT2D eigenvalue weighted by Gasteiger charge is 2.17. The number of rotatable bonds is 7. The number of carbonyl (C=O) groups is 1. The maximum absolute atomic E-state index is 11.7. The van der Waals surface area contributed by atoms with Crippen molar-refractivity contribution in [1.82, 2.24) is 5.32 Å². The average molecular weight is 253 g/mol. The number of hydrogen-bond acceptors (Lipinski definition) is 3. The Labute approximate surface area is 108 Å². The van der Waals surface area contributed by atoms with Gasteiger partial charge in [-0.05, 0) is 24.0 Å². The fraction of sp³-hybridized carbons (Fsp3) is 0.643. The number of aliphatic hydroxyl groups excluding tert-OH is 1. The Balaban J connectivity index is 2.33. The van der Waals surface area contributed by atoms with Crippen LogP contribution < -0.4 is 5.32 Å². The monoisotopic (exact) mass is 253 g/mol. The molecule has 18 heavy (non-hydrogen) atoms. The molecule has 0 aliphatic rings. The normalized spacial score (nSPS) is 14.5. The number of carbonyl (C=O) groups excluding carboxylic acids is 1. The van der Waals surface area contributed by atoms with E-state index in [-0.39, 0.29) is 12.5 Å². The number of aliphatic hydroxyl groups is 1. The molecule has 0 aliphatic carbocycles. The van der Waals surface area contributed by atoms with Crippen LogP contribution in [0.3, 0.4) is 0 Å². The van der Waals surface area contributed by atoms with Crippen LogP contribution in [0.4, 0.5) is 0 Å². The number of furan rings is 1. The Hall–Kier alpha value is -1.29. The van der Waals surface area contributed by atoms with E-state index in [1.165, 1.54) is 6.26 Å². The second kappa shape index (κ2) is 7.21. The Bertz CT molecular complexity index is 346. The molecule has 1 aromatic rings. The summed E-state index contributed by atoms with van der Waals surface area (Å²) in [6.07, 6.45) is 2.24. The SMILES string of the molecule is CCC(CC(=O)NCC(O)c1ccco1)C(C)C. The number of nitrogens with one attached hydrogen (secondary N) is 1. The summed E-state index contributed by atoms with van der Waals surface area (Å²) in [5, 5.41) is 12.5. The minimum Gasteiger partial charge on any atom is -0.467 e. The van der Waals surface area contributed by atoms with Gasteiger partial charge in [-0.2, -0.15) is 0 Å². The molecular formula is C14H23NO3. The van der Waals surface area contributed by atoms with Gasteiger partial charge in [0.15, 0.2) is 0 Å². The van der Waals surface area contributed by atoms with Crippen LogP contribution in [0.2, 0.25) is 0 Å². The molecule has 0 aromatic carbocycles. The smallest absolute Gasteiger partial charge is 0.220 e. The first-order valence-corrected chi connectivity index (χ1v) is 6.52. The molecular weight excluding hydrogens is 230 g/mol. The molecule has 2 atom stereocenters. The lowest BCUT2D eigenvalue weighted by atomic mass is 9.90. The van der Waals surface area contributed by atoms with Gasteiger partial charge in [0.25, 0.3) is 0 Å². The average Bonchev–Trinajstić information content (AvgIpc) is 2.86. The lowest BCUT2D eigenvalue weighted by molar-refractivity contribution is -0.122. The molecule has 1 rings (SSSR count). The van der Waals surface area contributed by atoms with Crippen molar-refractivity contribution in [2.45, 2.75) is 39.7 Å². The van der Waals surface area contributed by atoms with Crippen molar-refractivity contribution in [3.63, 3.8) is 0 Å². The third-order valence-electron chi connectivity index (χ3n) is 3.28. The minimum atomic E-state index is -0.775. The van der Waals surface area contributed by atoms with Gasteiger partial charge in [-0.15, -0.1) is 0 Å². The van der Waals surface area contributed by atoms with Crippen molar-refractivity contribution in [1.29, 1.82) is 0 Å². The van der Waals surface area contributed by atoms with Crippen LogP contribution >= 0.6 is 0 Å². The van der Waals surface area contributed by atoms with Crippen molar-refractivity contribution < 1.29 is 14.3 Å². The summed E-state index contributed by atoms with van der Waals surface area (Å²) >= 11 is 0. The molecule has 0 saturated heterocycles. The van der Waals surface area contributed by atoms with Gasteiger partial charge in [0, 0.05) is 6.42 Å². The van der Waals surface area contributed by atoms with Crippen LogP contribution in [0.25, 0.3) is 0 Å². The largest absolute Gasteiger partial charge is 0.467 e. The Morgan fingerprint density at radius 2 is 2.22 bits per heavy atom. The highest BCUT2D eigenvalue weighted by molar-refractivity contribution is 5.76. The summed E-state index contributed by atoms with van der Waals surface area (Å²) in [6.45, 7) is 6.54. The van der Waals surface area contributed by atoms with Crippen molar-refractivity contribution in [2.75, 3.05) is 6.54 Å². The van der Waals surface area contributed by atoms with Crippen molar-refractivity contribution in [2.24, 2.45) is 11.8 Å². The van der Waals surface area contributed by atoms with E-state index < -0.39 is 6.10 Å².